The van der Waals surface area contributed by atoms with Crippen molar-refractivity contribution >= 4 is 17.5 Å². The lowest BCUT2D eigenvalue weighted by Gasteiger charge is -2.17. The topological polar surface area (TPSA) is 93.5 Å². The van der Waals surface area contributed by atoms with Gasteiger partial charge in [0.05, 0.1) is 12.7 Å². The van der Waals surface area contributed by atoms with Crippen LogP contribution in [0.1, 0.15) is 30.7 Å². The zero-order valence-corrected chi connectivity index (χ0v) is 17.2. The maximum atomic E-state index is 12.0. The van der Waals surface area contributed by atoms with Crippen LogP contribution in [0.5, 0.6) is 5.75 Å². The van der Waals surface area contributed by atoms with E-state index < -0.39 is 0 Å². The van der Waals surface area contributed by atoms with Gasteiger partial charge in [0.25, 0.3) is 0 Å². The Hall–Kier alpha value is -3.61. The Kier molecular flexibility index (Phi) is 6.62. The summed E-state index contributed by atoms with van der Waals surface area (Å²) in [5, 5.41) is 5.71. The summed E-state index contributed by atoms with van der Waals surface area (Å²) >= 11 is 0. The number of ether oxygens (including phenoxy) is 1. The molecule has 0 saturated carbocycles. The summed E-state index contributed by atoms with van der Waals surface area (Å²) in [4.78, 5) is 27.7. The summed E-state index contributed by atoms with van der Waals surface area (Å²) in [6, 6.07) is 15.4. The number of nitrogens with one attached hydrogen (secondary N) is 2. The number of aromatic nitrogens is 1. The number of anilines is 1. The summed E-state index contributed by atoms with van der Waals surface area (Å²) in [5.74, 6) is 2.14. The van der Waals surface area contributed by atoms with Gasteiger partial charge >= 0.3 is 0 Å². The molecule has 2 aromatic carbocycles. The molecule has 0 fully saturated rings. The number of carbonyl (C=O) groups excluding carboxylic acids is 2. The second-order valence-corrected chi connectivity index (χ2v) is 7.40. The fourth-order valence-corrected chi connectivity index (χ4v) is 3.46. The number of carbonyl (C=O) groups is 2. The molecular formula is C24H25N3O4. The highest BCUT2D eigenvalue weighted by molar-refractivity contribution is 5.94. The molecule has 7 nitrogen and oxygen atoms in total. The zero-order valence-electron chi connectivity index (χ0n) is 17.2. The van der Waals surface area contributed by atoms with Gasteiger partial charge in [0.15, 0.2) is 11.7 Å². The highest BCUT2D eigenvalue weighted by Gasteiger charge is 2.15. The number of benzene rings is 2. The Bertz CT molecular complexity index is 1050. The quantitative estimate of drug-likeness (QED) is 0.515. The Labute approximate surface area is 180 Å². The van der Waals surface area contributed by atoms with E-state index in [0.717, 1.165) is 28.3 Å². The lowest BCUT2D eigenvalue weighted by molar-refractivity contribution is -0.121. The molecule has 0 spiro atoms. The standard InChI is InChI=1S/C24H25N3O4/c28-22(7-4-8-24-26-16-21(31-24)17-5-2-1-3-6-17)25-13-14-30-19-10-11-20-18(15-19)9-12-23(29)27-20/h1-3,5-6,10-11,15-16H,4,7-9,12-14H2,(H,25,28)(H,27,29). The Balaban J connectivity index is 1.13. The van der Waals surface area contributed by atoms with Crippen molar-refractivity contribution in [2.75, 3.05) is 18.5 Å². The predicted octanol–water partition coefficient (Wildman–Crippen LogP) is 3.74. The molecule has 31 heavy (non-hydrogen) atoms. The molecule has 2 amide bonds. The van der Waals surface area contributed by atoms with Gasteiger partial charge in [-0.05, 0) is 36.6 Å². The molecule has 1 aliphatic rings. The minimum atomic E-state index is -0.0217. The normalized spacial score (nSPS) is 12.7. The molecule has 1 aliphatic heterocycles. The van der Waals surface area contributed by atoms with Gasteiger partial charge in [0.2, 0.25) is 11.8 Å². The predicted molar refractivity (Wildman–Crippen MR) is 117 cm³/mol. The zero-order chi connectivity index (χ0) is 21.5. The molecule has 2 heterocycles. The first kappa shape index (κ1) is 20.7. The van der Waals surface area contributed by atoms with E-state index in [9.17, 15) is 9.59 Å². The number of rotatable bonds is 9. The average molecular weight is 419 g/mol. The summed E-state index contributed by atoms with van der Waals surface area (Å²) < 4.78 is 11.5. The fourth-order valence-electron chi connectivity index (χ4n) is 3.46. The van der Waals surface area contributed by atoms with E-state index in [-0.39, 0.29) is 11.8 Å². The van der Waals surface area contributed by atoms with Crippen molar-refractivity contribution in [1.82, 2.24) is 10.3 Å². The van der Waals surface area contributed by atoms with Crippen molar-refractivity contribution in [3.8, 4) is 17.1 Å². The molecule has 160 valence electrons. The average Bonchev–Trinajstić information content (AvgIpc) is 3.26. The van der Waals surface area contributed by atoms with E-state index in [2.05, 4.69) is 15.6 Å². The van der Waals surface area contributed by atoms with Crippen LogP contribution in [0.3, 0.4) is 0 Å². The molecule has 2 N–H and O–H groups in total. The number of nitrogens with zero attached hydrogens (tertiary/aromatic N) is 1. The van der Waals surface area contributed by atoms with Crippen molar-refractivity contribution in [2.24, 2.45) is 0 Å². The summed E-state index contributed by atoms with van der Waals surface area (Å²) in [7, 11) is 0. The van der Waals surface area contributed by atoms with Crippen LogP contribution in [0, 0.1) is 0 Å². The minimum Gasteiger partial charge on any atom is -0.492 e. The van der Waals surface area contributed by atoms with Crippen LogP contribution in [0.25, 0.3) is 11.3 Å². The van der Waals surface area contributed by atoms with Crippen molar-refractivity contribution in [3.05, 3.63) is 66.2 Å². The van der Waals surface area contributed by atoms with Crippen LogP contribution in [0.4, 0.5) is 5.69 Å². The van der Waals surface area contributed by atoms with Crippen LogP contribution in [-0.4, -0.2) is 29.9 Å². The molecule has 1 aromatic heterocycles. The number of hydrogen-bond acceptors (Lipinski definition) is 5. The van der Waals surface area contributed by atoms with Gasteiger partial charge in [-0.1, -0.05) is 30.3 Å². The highest BCUT2D eigenvalue weighted by Crippen LogP contribution is 2.26. The third-order valence-corrected chi connectivity index (χ3v) is 5.07. The largest absolute Gasteiger partial charge is 0.492 e. The third kappa shape index (κ3) is 5.72. The molecule has 0 saturated heterocycles. The number of fused-ring (bicyclic) bond motifs is 1. The highest BCUT2D eigenvalue weighted by atomic mass is 16.5. The molecule has 0 atom stereocenters. The van der Waals surface area contributed by atoms with Crippen LogP contribution >= 0.6 is 0 Å². The minimum absolute atomic E-state index is 0.0217. The Morgan fingerprint density at radius 3 is 2.90 bits per heavy atom. The number of oxazole rings is 1. The van der Waals surface area contributed by atoms with Gasteiger partial charge in [0.1, 0.15) is 12.4 Å². The Morgan fingerprint density at radius 1 is 1.16 bits per heavy atom. The first-order valence-corrected chi connectivity index (χ1v) is 10.5. The first-order valence-electron chi connectivity index (χ1n) is 10.5. The van der Waals surface area contributed by atoms with Crippen LogP contribution in [0.2, 0.25) is 0 Å². The molecule has 3 aromatic rings. The van der Waals surface area contributed by atoms with E-state index in [1.807, 2.05) is 48.5 Å². The number of amides is 2. The summed E-state index contributed by atoms with van der Waals surface area (Å²) in [6.07, 6.45) is 4.61. The van der Waals surface area contributed by atoms with E-state index in [0.29, 0.717) is 51.1 Å². The van der Waals surface area contributed by atoms with Crippen molar-refractivity contribution in [1.29, 1.82) is 0 Å². The van der Waals surface area contributed by atoms with Gasteiger partial charge in [-0.15, -0.1) is 0 Å². The smallest absolute Gasteiger partial charge is 0.224 e. The second-order valence-electron chi connectivity index (χ2n) is 7.40. The molecular weight excluding hydrogens is 394 g/mol. The SMILES string of the molecule is O=C(CCCc1ncc(-c2ccccc2)o1)NCCOc1ccc2c(c1)CCC(=O)N2. The lowest BCUT2D eigenvalue weighted by atomic mass is 10.0. The van der Waals surface area contributed by atoms with Gasteiger partial charge in [-0.2, -0.15) is 0 Å². The molecule has 0 unspecified atom stereocenters. The van der Waals surface area contributed by atoms with Gasteiger partial charge in [-0.25, -0.2) is 4.98 Å². The Morgan fingerprint density at radius 2 is 2.03 bits per heavy atom. The summed E-state index contributed by atoms with van der Waals surface area (Å²) in [6.45, 7) is 0.820. The summed E-state index contributed by atoms with van der Waals surface area (Å²) in [5.41, 5.74) is 2.91. The molecule has 7 heteroatoms. The maximum Gasteiger partial charge on any atom is 0.224 e. The molecule has 0 radical (unpaired) electrons. The van der Waals surface area contributed by atoms with Crippen LogP contribution in [-0.2, 0) is 22.4 Å². The molecule has 0 aliphatic carbocycles. The van der Waals surface area contributed by atoms with Crippen molar-refractivity contribution in [3.63, 3.8) is 0 Å². The maximum absolute atomic E-state index is 12.0. The number of hydrogen-bond donors (Lipinski definition) is 2. The fraction of sp³-hybridized carbons (Fsp3) is 0.292. The van der Waals surface area contributed by atoms with Gasteiger partial charge in [0, 0.05) is 30.5 Å². The van der Waals surface area contributed by atoms with Crippen LogP contribution < -0.4 is 15.4 Å². The van der Waals surface area contributed by atoms with E-state index in [1.165, 1.54) is 0 Å². The number of aryl methyl sites for hydroxylation is 2. The van der Waals surface area contributed by atoms with Gasteiger partial charge in [-0.3, -0.25) is 9.59 Å². The molecule has 0 bridgehead atoms. The van der Waals surface area contributed by atoms with Crippen LogP contribution in [0.15, 0.2) is 59.1 Å². The van der Waals surface area contributed by atoms with Crippen molar-refractivity contribution < 1.29 is 18.7 Å². The lowest BCUT2D eigenvalue weighted by Crippen LogP contribution is -2.28. The van der Waals surface area contributed by atoms with Crippen molar-refractivity contribution in [2.45, 2.75) is 32.1 Å². The molecule has 4 rings (SSSR count). The monoisotopic (exact) mass is 419 g/mol. The third-order valence-electron chi connectivity index (χ3n) is 5.07. The van der Waals surface area contributed by atoms with E-state index in [1.54, 1.807) is 6.20 Å². The first-order chi connectivity index (χ1) is 15.2. The van der Waals surface area contributed by atoms with E-state index >= 15 is 0 Å². The van der Waals surface area contributed by atoms with E-state index in [4.69, 9.17) is 9.15 Å². The second kappa shape index (κ2) is 9.93. The van der Waals surface area contributed by atoms with Gasteiger partial charge < -0.3 is 19.8 Å².